The fraction of sp³-hybridized carbons (Fsp3) is 0.195. The number of hydrogen-bond donors (Lipinski definition) is 2. The van der Waals surface area contributed by atoms with Crippen LogP contribution >= 0.6 is 23.2 Å². The molecule has 8 aromatic rings. The molecule has 0 aliphatic rings. The van der Waals surface area contributed by atoms with E-state index in [2.05, 4.69) is 19.4 Å². The number of aryl methyl sites for hydroxylation is 1. The number of nitrogens with one attached hydrogen (secondary N) is 2. The number of nitrogens with zero attached hydrogens (tertiary/aromatic N) is 10. The summed E-state index contributed by atoms with van der Waals surface area (Å²) >= 11 is 12.8. The summed E-state index contributed by atoms with van der Waals surface area (Å²) in [7, 11) is -4.66. The Morgan fingerprint density at radius 2 is 1.36 bits per heavy atom. The summed E-state index contributed by atoms with van der Waals surface area (Å²) in [6.07, 6.45) is 6.52. The van der Waals surface area contributed by atoms with E-state index in [4.69, 9.17) is 38.2 Å². The molecule has 5 heterocycles. The van der Waals surface area contributed by atoms with Crippen LogP contribution in [0.1, 0.15) is 11.3 Å². The van der Waals surface area contributed by atoms with Crippen molar-refractivity contribution >= 4 is 76.7 Å². The number of rotatable bonds is 16. The molecule has 0 fully saturated rings. The fourth-order valence-electron chi connectivity index (χ4n) is 6.93. The highest BCUT2D eigenvalue weighted by Crippen LogP contribution is 2.32. The molecule has 0 aliphatic carbocycles. The van der Waals surface area contributed by atoms with Crippen LogP contribution in [0, 0.1) is 0 Å². The Morgan fingerprint density at radius 1 is 0.734 bits per heavy atom. The smallest absolute Gasteiger partial charge is 0.358 e. The SMILES string of the molecule is CN(CCNS(=O)(=O)c1cncn1C)c1cc(-n2cnc(CN(CCNS(=O)(=O)c3ccc(C(F)(F)F)cc3)c3cc(-n4ccnc4)c4ccc(Cl)cc4n3)c2)c2ccc(Cl)cc2n1. The van der Waals surface area contributed by atoms with E-state index < -0.39 is 31.8 Å². The maximum Gasteiger partial charge on any atom is 0.416 e. The number of halogens is 5. The lowest BCUT2D eigenvalue weighted by atomic mass is 10.1. The number of pyridine rings is 2. The van der Waals surface area contributed by atoms with E-state index in [1.807, 2.05) is 44.5 Å². The predicted molar refractivity (Wildman–Crippen MR) is 237 cm³/mol. The molecule has 332 valence electrons. The summed E-state index contributed by atoms with van der Waals surface area (Å²) in [6, 6.07) is 17.5. The standard InChI is InChI=1S/C41H37Cl2F3N12O4S2/c1-54(14-12-51-64(61,62)40-21-48-24-55(40)2)38-19-37(33-10-6-28(42)17-34(33)52-38)58-23-30(49-26-58)22-56(16-13-50-63(59,60)31-7-3-27(4-8-31)41(44,45)46)39-20-36(57-15-11-47-25-57)32-9-5-29(43)18-35(32)53-39/h3-11,15,17-21,23-26,50-51H,12-14,16,22H2,1-2H3. The molecule has 0 unspecified atom stereocenters. The van der Waals surface area contributed by atoms with E-state index in [-0.39, 0.29) is 42.6 Å². The second-order valence-electron chi connectivity index (χ2n) is 14.6. The van der Waals surface area contributed by atoms with Crippen LogP contribution in [-0.2, 0) is 39.8 Å². The first-order valence-corrected chi connectivity index (χ1v) is 23.0. The van der Waals surface area contributed by atoms with Gasteiger partial charge in [-0.05, 0) is 60.7 Å². The van der Waals surface area contributed by atoms with Gasteiger partial charge in [-0.3, -0.25) is 0 Å². The molecule has 0 saturated heterocycles. The van der Waals surface area contributed by atoms with Crippen molar-refractivity contribution in [2.45, 2.75) is 22.6 Å². The van der Waals surface area contributed by atoms with Gasteiger partial charge < -0.3 is 23.5 Å². The molecule has 23 heteroatoms. The number of imidazole rings is 3. The summed E-state index contributed by atoms with van der Waals surface area (Å²) < 4.78 is 102. The van der Waals surface area contributed by atoms with E-state index in [9.17, 15) is 30.0 Å². The van der Waals surface area contributed by atoms with Gasteiger partial charge in [0.2, 0.25) is 10.0 Å². The lowest BCUT2D eigenvalue weighted by Crippen LogP contribution is -2.35. The number of fused-ring (bicyclic) bond motifs is 2. The lowest BCUT2D eigenvalue weighted by molar-refractivity contribution is -0.137. The second kappa shape index (κ2) is 17.8. The third-order valence-corrected chi connectivity index (χ3v) is 13.7. The topological polar surface area (TPSA) is 178 Å². The van der Waals surface area contributed by atoms with Crippen molar-refractivity contribution in [2.24, 2.45) is 7.05 Å². The molecular formula is C41H37Cl2F3N12O4S2. The van der Waals surface area contributed by atoms with E-state index in [1.165, 1.54) is 17.1 Å². The number of benzene rings is 3. The van der Waals surface area contributed by atoms with Crippen LogP contribution < -0.4 is 19.2 Å². The van der Waals surface area contributed by atoms with Gasteiger partial charge in [-0.2, -0.15) is 13.2 Å². The molecule has 0 saturated carbocycles. The largest absolute Gasteiger partial charge is 0.416 e. The van der Waals surface area contributed by atoms with Gasteiger partial charge in [0.15, 0.2) is 5.03 Å². The molecule has 0 aliphatic heterocycles. The minimum atomic E-state index is -4.63. The highest BCUT2D eigenvalue weighted by molar-refractivity contribution is 7.89. The van der Waals surface area contributed by atoms with Gasteiger partial charge in [0.1, 0.15) is 11.6 Å². The summed E-state index contributed by atoms with van der Waals surface area (Å²) in [6.45, 7) is 0.329. The molecule has 0 amide bonds. The van der Waals surface area contributed by atoms with E-state index >= 15 is 0 Å². The minimum absolute atomic E-state index is 0.0317. The third-order valence-electron chi connectivity index (χ3n) is 10.2. The average molecular weight is 954 g/mol. The number of likely N-dealkylation sites (N-methyl/N-ethyl adjacent to an activating group) is 1. The molecule has 16 nitrogen and oxygen atoms in total. The van der Waals surface area contributed by atoms with E-state index in [1.54, 1.807) is 68.3 Å². The second-order valence-corrected chi connectivity index (χ2v) is 18.9. The van der Waals surface area contributed by atoms with Crippen LogP contribution in [0.25, 0.3) is 33.2 Å². The van der Waals surface area contributed by atoms with Gasteiger partial charge in [-0.1, -0.05) is 23.2 Å². The number of sulfonamides is 2. The van der Waals surface area contributed by atoms with Crippen molar-refractivity contribution in [1.29, 1.82) is 0 Å². The summed E-state index contributed by atoms with van der Waals surface area (Å²) in [5.41, 5.74) is 2.13. The van der Waals surface area contributed by atoms with Crippen molar-refractivity contribution < 1.29 is 30.0 Å². The van der Waals surface area contributed by atoms with Crippen LogP contribution in [0.2, 0.25) is 10.0 Å². The van der Waals surface area contributed by atoms with E-state index in [0.717, 1.165) is 40.7 Å². The van der Waals surface area contributed by atoms with Gasteiger partial charge >= 0.3 is 6.18 Å². The van der Waals surface area contributed by atoms with Gasteiger partial charge in [0.25, 0.3) is 10.0 Å². The van der Waals surface area contributed by atoms with Gasteiger partial charge in [0.05, 0.1) is 70.3 Å². The van der Waals surface area contributed by atoms with Crippen LogP contribution in [0.4, 0.5) is 24.8 Å². The first-order valence-electron chi connectivity index (χ1n) is 19.3. The zero-order valence-corrected chi connectivity index (χ0v) is 37.0. The Labute approximate surface area is 375 Å². The number of hydrogen-bond acceptors (Lipinski definition) is 11. The zero-order valence-electron chi connectivity index (χ0n) is 33.8. The predicted octanol–water partition coefficient (Wildman–Crippen LogP) is 6.61. The summed E-state index contributed by atoms with van der Waals surface area (Å²) in [4.78, 5) is 25.9. The fourth-order valence-corrected chi connectivity index (χ4v) is 9.42. The molecule has 0 atom stereocenters. The monoisotopic (exact) mass is 952 g/mol. The zero-order chi connectivity index (χ0) is 45.4. The van der Waals surface area contributed by atoms with E-state index in [0.29, 0.717) is 44.1 Å². The van der Waals surface area contributed by atoms with Crippen molar-refractivity contribution in [3.05, 3.63) is 138 Å². The first kappa shape index (κ1) is 44.5. The first-order chi connectivity index (χ1) is 30.4. The Hall–Kier alpha value is -6.10. The van der Waals surface area contributed by atoms with Crippen molar-refractivity contribution in [1.82, 2.24) is 48.1 Å². The Kier molecular flexibility index (Phi) is 12.4. The van der Waals surface area contributed by atoms with Gasteiger partial charge in [-0.25, -0.2) is 51.2 Å². The minimum Gasteiger partial charge on any atom is -0.358 e. The molecule has 0 radical (unpaired) electrons. The highest BCUT2D eigenvalue weighted by atomic mass is 35.5. The molecule has 5 aromatic heterocycles. The third kappa shape index (κ3) is 9.68. The normalized spacial score (nSPS) is 12.4. The number of alkyl halides is 3. The summed E-state index contributed by atoms with van der Waals surface area (Å²) in [5, 5.41) is 2.46. The maximum absolute atomic E-state index is 13.3. The quantitative estimate of drug-likeness (QED) is 0.107. The van der Waals surface area contributed by atoms with Gasteiger partial charge in [0, 0.05) is 91.8 Å². The molecule has 8 rings (SSSR count). The van der Waals surface area contributed by atoms with Crippen molar-refractivity contribution in [3.8, 4) is 11.4 Å². The maximum atomic E-state index is 13.3. The Morgan fingerprint density at radius 3 is 1.98 bits per heavy atom. The lowest BCUT2D eigenvalue weighted by Gasteiger charge is -2.24. The summed E-state index contributed by atoms with van der Waals surface area (Å²) in [5.74, 6) is 0.960. The Bertz CT molecular complexity index is 3200. The molecule has 2 N–H and O–H groups in total. The molecule has 0 spiro atoms. The highest BCUT2D eigenvalue weighted by Gasteiger charge is 2.31. The molecule has 64 heavy (non-hydrogen) atoms. The molecular weight excluding hydrogens is 917 g/mol. The number of anilines is 2. The van der Waals surface area contributed by atoms with Crippen LogP contribution in [0.5, 0.6) is 0 Å². The van der Waals surface area contributed by atoms with Gasteiger partial charge in [-0.15, -0.1) is 0 Å². The average Bonchev–Trinajstić information content (AvgIpc) is 4.05. The molecule has 0 bridgehead atoms. The van der Waals surface area contributed by atoms with Crippen LogP contribution in [0.3, 0.4) is 0 Å². The Balaban J connectivity index is 1.10. The van der Waals surface area contributed by atoms with Crippen LogP contribution in [-0.4, -0.2) is 88.7 Å². The van der Waals surface area contributed by atoms with Crippen molar-refractivity contribution in [2.75, 3.05) is 43.0 Å². The van der Waals surface area contributed by atoms with Crippen molar-refractivity contribution in [3.63, 3.8) is 0 Å². The molecule has 3 aromatic carbocycles. The van der Waals surface area contributed by atoms with Crippen LogP contribution in [0.15, 0.2) is 126 Å². The number of aromatic nitrogens is 8.